The van der Waals surface area contributed by atoms with Gasteiger partial charge in [0.2, 0.25) is 11.8 Å². The number of nitrogens with zero attached hydrogens (tertiary/aromatic N) is 2. The molecule has 1 N–H and O–H groups in total. The zero-order valence-corrected chi connectivity index (χ0v) is 23.8. The van der Waals surface area contributed by atoms with E-state index in [2.05, 4.69) is 21.2 Å². The van der Waals surface area contributed by atoms with Crippen molar-refractivity contribution < 1.29 is 18.0 Å². The van der Waals surface area contributed by atoms with Crippen molar-refractivity contribution in [1.29, 1.82) is 0 Å². The van der Waals surface area contributed by atoms with E-state index in [0.717, 1.165) is 8.78 Å². The fourth-order valence-corrected chi connectivity index (χ4v) is 5.77. The van der Waals surface area contributed by atoms with E-state index in [9.17, 15) is 18.0 Å². The number of hydrogen-bond acceptors (Lipinski definition) is 4. The summed E-state index contributed by atoms with van der Waals surface area (Å²) in [5.74, 6) is -0.841. The second-order valence-electron chi connectivity index (χ2n) is 8.23. The fourth-order valence-electron chi connectivity index (χ4n) is 3.88. The Kier molecular flexibility index (Phi) is 10.1. The molecule has 0 aliphatic carbocycles. The molecule has 3 aromatic rings. The molecule has 1 atom stereocenters. The van der Waals surface area contributed by atoms with Crippen LogP contribution in [-0.2, 0) is 26.2 Å². The number of anilines is 1. The lowest BCUT2D eigenvalue weighted by molar-refractivity contribution is -0.140. The van der Waals surface area contributed by atoms with E-state index in [-0.39, 0.29) is 17.3 Å². The van der Waals surface area contributed by atoms with Gasteiger partial charge in [0.15, 0.2) is 0 Å². The molecule has 10 heteroatoms. The maximum Gasteiger partial charge on any atom is 0.264 e. The van der Waals surface area contributed by atoms with E-state index in [1.807, 2.05) is 0 Å². The number of rotatable bonds is 11. The van der Waals surface area contributed by atoms with Crippen molar-refractivity contribution in [3.05, 3.63) is 93.9 Å². The van der Waals surface area contributed by atoms with Gasteiger partial charge in [0, 0.05) is 22.6 Å². The molecule has 0 radical (unpaired) electrons. The van der Waals surface area contributed by atoms with Gasteiger partial charge in [0.25, 0.3) is 10.0 Å². The van der Waals surface area contributed by atoms with E-state index >= 15 is 0 Å². The third kappa shape index (κ3) is 7.12. The maximum absolute atomic E-state index is 13.9. The molecule has 0 aliphatic rings. The molecule has 3 aromatic carbocycles. The summed E-state index contributed by atoms with van der Waals surface area (Å²) in [6.45, 7) is 3.55. The Labute approximate surface area is 231 Å². The minimum Gasteiger partial charge on any atom is -0.355 e. The highest BCUT2D eigenvalue weighted by atomic mass is 79.9. The largest absolute Gasteiger partial charge is 0.355 e. The smallest absolute Gasteiger partial charge is 0.264 e. The Balaban J connectivity index is 2.05. The molecule has 196 valence electrons. The zero-order chi connectivity index (χ0) is 27.0. The molecule has 0 aromatic heterocycles. The number of carbonyl (C=O) groups excluding carboxylic acids is 2. The number of amides is 2. The lowest BCUT2D eigenvalue weighted by Gasteiger charge is -2.33. The van der Waals surface area contributed by atoms with Gasteiger partial charge < -0.3 is 10.2 Å². The Morgan fingerprint density at radius 1 is 0.946 bits per heavy atom. The number of benzene rings is 3. The first-order valence-corrected chi connectivity index (χ1v) is 14.4. The molecule has 0 unspecified atom stereocenters. The Morgan fingerprint density at radius 2 is 1.57 bits per heavy atom. The summed E-state index contributed by atoms with van der Waals surface area (Å²) in [5, 5.41) is 3.23. The molecule has 0 fully saturated rings. The van der Waals surface area contributed by atoms with Crippen LogP contribution in [0.25, 0.3) is 0 Å². The quantitative estimate of drug-likeness (QED) is 0.323. The minimum atomic E-state index is -4.10. The van der Waals surface area contributed by atoms with Gasteiger partial charge in [-0.2, -0.15) is 0 Å². The van der Waals surface area contributed by atoms with Gasteiger partial charge >= 0.3 is 0 Å². The van der Waals surface area contributed by atoms with E-state index in [0.29, 0.717) is 29.2 Å². The normalized spacial score (nSPS) is 12.0. The van der Waals surface area contributed by atoms with Crippen molar-refractivity contribution in [1.82, 2.24) is 10.2 Å². The summed E-state index contributed by atoms with van der Waals surface area (Å²) < 4.78 is 29.3. The van der Waals surface area contributed by atoms with Gasteiger partial charge in [-0.3, -0.25) is 13.9 Å². The number of nitrogens with one attached hydrogen (secondary N) is 1. The topological polar surface area (TPSA) is 86.8 Å². The fraction of sp³-hybridized carbons (Fsp3) is 0.259. The van der Waals surface area contributed by atoms with Gasteiger partial charge in [-0.05, 0) is 61.4 Å². The van der Waals surface area contributed by atoms with E-state index in [4.69, 9.17) is 11.6 Å². The van der Waals surface area contributed by atoms with Gasteiger partial charge in [-0.1, -0.05) is 70.9 Å². The number of hydrogen-bond donors (Lipinski definition) is 1. The Morgan fingerprint density at radius 3 is 2.16 bits per heavy atom. The standard InChI is InChI=1S/C27H29BrClN3O4S/c1-3-25(27(34)30-4-2)31(18-20-10-8-9-13-24(20)29)26(33)19-32(22-16-14-21(28)15-17-22)37(35,36)23-11-6-5-7-12-23/h5-17,25H,3-4,18-19H2,1-2H3,(H,30,34)/t25-/m0/s1. The molecule has 0 bridgehead atoms. The van der Waals surface area contributed by atoms with Gasteiger partial charge in [0.05, 0.1) is 10.6 Å². The second-order valence-corrected chi connectivity index (χ2v) is 11.4. The molecule has 7 nitrogen and oxygen atoms in total. The van der Waals surface area contributed by atoms with Crippen LogP contribution in [0.2, 0.25) is 5.02 Å². The Bertz CT molecular complexity index is 1320. The van der Waals surface area contributed by atoms with Crippen molar-refractivity contribution in [2.75, 3.05) is 17.4 Å². The van der Waals surface area contributed by atoms with Crippen LogP contribution in [0.5, 0.6) is 0 Å². The van der Waals surface area contributed by atoms with Crippen molar-refractivity contribution in [2.24, 2.45) is 0 Å². The molecular weight excluding hydrogens is 578 g/mol. The van der Waals surface area contributed by atoms with Gasteiger partial charge in [-0.15, -0.1) is 0 Å². The predicted molar refractivity (Wildman–Crippen MR) is 150 cm³/mol. The highest BCUT2D eigenvalue weighted by molar-refractivity contribution is 9.10. The summed E-state index contributed by atoms with van der Waals surface area (Å²) in [5.41, 5.74) is 0.977. The van der Waals surface area contributed by atoms with Crippen molar-refractivity contribution in [3.63, 3.8) is 0 Å². The van der Waals surface area contributed by atoms with Crippen molar-refractivity contribution in [3.8, 4) is 0 Å². The first-order chi connectivity index (χ1) is 17.7. The summed E-state index contributed by atoms with van der Waals surface area (Å²) in [6.07, 6.45) is 0.339. The summed E-state index contributed by atoms with van der Waals surface area (Å²) in [7, 11) is -4.10. The predicted octanol–water partition coefficient (Wildman–Crippen LogP) is 5.24. The molecule has 0 aliphatic heterocycles. The molecule has 37 heavy (non-hydrogen) atoms. The monoisotopic (exact) mass is 605 g/mol. The molecule has 0 spiro atoms. The zero-order valence-electron chi connectivity index (χ0n) is 20.6. The lowest BCUT2D eigenvalue weighted by atomic mass is 10.1. The number of carbonyl (C=O) groups is 2. The van der Waals surface area contributed by atoms with Crippen molar-refractivity contribution >= 4 is 55.1 Å². The maximum atomic E-state index is 13.9. The molecule has 0 heterocycles. The third-order valence-electron chi connectivity index (χ3n) is 5.76. The second kappa shape index (κ2) is 13.1. The lowest BCUT2D eigenvalue weighted by Crippen LogP contribution is -2.52. The average Bonchev–Trinajstić information content (AvgIpc) is 2.89. The number of halogens is 2. The summed E-state index contributed by atoms with van der Waals surface area (Å²) in [6, 6.07) is 20.8. The highest BCUT2D eigenvalue weighted by Crippen LogP contribution is 2.27. The van der Waals surface area contributed by atoms with Crippen LogP contribution >= 0.6 is 27.5 Å². The van der Waals surface area contributed by atoms with Crippen LogP contribution in [0, 0.1) is 0 Å². The first kappa shape index (κ1) is 28.7. The molecule has 3 rings (SSSR count). The van der Waals surface area contributed by atoms with Crippen LogP contribution in [-0.4, -0.2) is 44.3 Å². The van der Waals surface area contributed by atoms with E-state index < -0.39 is 28.5 Å². The molecule has 0 saturated heterocycles. The van der Waals surface area contributed by atoms with Gasteiger partial charge in [0.1, 0.15) is 12.6 Å². The minimum absolute atomic E-state index is 0.0493. The van der Waals surface area contributed by atoms with Gasteiger partial charge in [-0.25, -0.2) is 8.42 Å². The van der Waals surface area contributed by atoms with Crippen LogP contribution in [0.3, 0.4) is 0 Å². The molecular formula is C27H29BrClN3O4S. The highest BCUT2D eigenvalue weighted by Gasteiger charge is 2.33. The molecule has 2 amide bonds. The number of likely N-dealkylation sites (N-methyl/N-ethyl adjacent to an activating group) is 1. The molecule has 0 saturated carbocycles. The van der Waals surface area contributed by atoms with Crippen molar-refractivity contribution in [2.45, 2.75) is 37.8 Å². The SMILES string of the molecule is CCNC(=O)[C@H](CC)N(Cc1ccccc1Cl)C(=O)CN(c1ccc(Br)cc1)S(=O)(=O)c1ccccc1. The van der Waals surface area contributed by atoms with E-state index in [1.54, 1.807) is 80.6 Å². The van der Waals surface area contributed by atoms with E-state index in [1.165, 1.54) is 17.0 Å². The van der Waals surface area contributed by atoms with Crippen LogP contribution in [0.1, 0.15) is 25.8 Å². The summed E-state index contributed by atoms with van der Waals surface area (Å²) >= 11 is 9.75. The first-order valence-electron chi connectivity index (χ1n) is 11.8. The summed E-state index contributed by atoms with van der Waals surface area (Å²) in [4.78, 5) is 28.3. The average molecular weight is 607 g/mol. The third-order valence-corrected chi connectivity index (χ3v) is 8.45. The number of sulfonamides is 1. The Hall–Kier alpha value is -2.88. The van der Waals surface area contributed by atoms with Crippen LogP contribution in [0.4, 0.5) is 5.69 Å². The van der Waals surface area contributed by atoms with Crippen LogP contribution in [0.15, 0.2) is 88.2 Å². The van der Waals surface area contributed by atoms with Crippen LogP contribution < -0.4 is 9.62 Å².